The molecule has 0 amide bonds. The van der Waals surface area contributed by atoms with Crippen LogP contribution >= 0.6 is 11.6 Å². The van der Waals surface area contributed by atoms with Crippen LogP contribution in [0.5, 0.6) is 5.75 Å². The van der Waals surface area contributed by atoms with Crippen molar-refractivity contribution in [2.75, 3.05) is 13.7 Å². The quantitative estimate of drug-likeness (QED) is 0.819. The van der Waals surface area contributed by atoms with E-state index in [2.05, 4.69) is 4.74 Å². The zero-order valence-electron chi connectivity index (χ0n) is 9.90. The van der Waals surface area contributed by atoms with Crippen LogP contribution in [0.3, 0.4) is 0 Å². The number of hydrogen-bond acceptors (Lipinski definition) is 4. The Bertz CT molecular complexity index is 395. The van der Waals surface area contributed by atoms with Gasteiger partial charge >= 0.3 is 5.97 Å². The summed E-state index contributed by atoms with van der Waals surface area (Å²) in [6, 6.07) is 4.72. The van der Waals surface area contributed by atoms with E-state index in [0.29, 0.717) is 18.1 Å². The van der Waals surface area contributed by atoms with E-state index in [-0.39, 0.29) is 0 Å². The number of esters is 1. The maximum atomic E-state index is 11.0. The Balaban J connectivity index is 2.43. The number of ether oxygens (including phenoxy) is 2. The largest absolute Gasteiger partial charge is 0.493 e. The Morgan fingerprint density at radius 3 is 2.82 bits per heavy atom. The molecule has 1 unspecified atom stereocenters. The Morgan fingerprint density at radius 1 is 1.53 bits per heavy atom. The fraction of sp³-hybridized carbons (Fsp3) is 0.417. The summed E-state index contributed by atoms with van der Waals surface area (Å²) in [4.78, 5) is 11.0. The van der Waals surface area contributed by atoms with Gasteiger partial charge < -0.3 is 15.2 Å². The molecule has 0 saturated heterocycles. The average molecular weight is 258 g/mol. The lowest BCUT2D eigenvalue weighted by Gasteiger charge is -2.12. The normalized spacial score (nSPS) is 12.0. The van der Waals surface area contributed by atoms with Gasteiger partial charge in [0.15, 0.2) is 0 Å². The zero-order chi connectivity index (χ0) is 12.8. The van der Waals surface area contributed by atoms with E-state index in [9.17, 15) is 4.79 Å². The van der Waals surface area contributed by atoms with Crippen LogP contribution in [0.25, 0.3) is 0 Å². The molecule has 0 aliphatic heterocycles. The van der Waals surface area contributed by atoms with Crippen molar-refractivity contribution in [2.24, 2.45) is 5.73 Å². The summed E-state index contributed by atoms with van der Waals surface area (Å²) in [7, 11) is 1.31. The second kappa shape index (κ2) is 6.47. The van der Waals surface area contributed by atoms with Crippen molar-refractivity contribution in [2.45, 2.75) is 19.4 Å². The first-order valence-corrected chi connectivity index (χ1v) is 5.64. The first kappa shape index (κ1) is 13.8. The predicted molar refractivity (Wildman–Crippen MR) is 66.3 cm³/mol. The van der Waals surface area contributed by atoms with E-state index in [1.807, 2.05) is 13.0 Å². The highest BCUT2D eigenvalue weighted by molar-refractivity contribution is 6.30. The Morgan fingerprint density at radius 2 is 2.24 bits per heavy atom. The van der Waals surface area contributed by atoms with Gasteiger partial charge in [-0.2, -0.15) is 0 Å². The molecule has 1 aromatic carbocycles. The molecular formula is C12H16ClNO3. The van der Waals surface area contributed by atoms with E-state index >= 15 is 0 Å². The number of nitrogens with two attached hydrogens (primary N) is 1. The summed E-state index contributed by atoms with van der Waals surface area (Å²) in [5.74, 6) is 0.313. The maximum absolute atomic E-state index is 11.0. The molecule has 0 heterocycles. The van der Waals surface area contributed by atoms with Crippen molar-refractivity contribution in [3.8, 4) is 5.75 Å². The number of rotatable bonds is 5. The fourth-order valence-corrected chi connectivity index (χ4v) is 1.57. The van der Waals surface area contributed by atoms with Crippen LogP contribution in [-0.4, -0.2) is 25.7 Å². The number of methoxy groups -OCH3 is 1. The molecular weight excluding hydrogens is 242 g/mol. The van der Waals surface area contributed by atoms with Crippen molar-refractivity contribution in [3.05, 3.63) is 28.8 Å². The van der Waals surface area contributed by atoms with Crippen molar-refractivity contribution in [1.29, 1.82) is 0 Å². The summed E-state index contributed by atoms with van der Waals surface area (Å²) in [6.07, 6.45) is 0.411. The fourth-order valence-electron chi connectivity index (χ4n) is 1.34. The SMILES string of the molecule is COC(=O)C(N)CCOc1ccc(Cl)cc1C. The predicted octanol–water partition coefficient (Wildman–Crippen LogP) is 1.92. The van der Waals surface area contributed by atoms with Crippen LogP contribution in [0.2, 0.25) is 5.02 Å². The van der Waals surface area contributed by atoms with Gasteiger partial charge in [0.1, 0.15) is 11.8 Å². The Labute approximate surface area is 106 Å². The zero-order valence-corrected chi connectivity index (χ0v) is 10.7. The van der Waals surface area contributed by atoms with Crippen molar-refractivity contribution in [3.63, 3.8) is 0 Å². The lowest BCUT2D eigenvalue weighted by atomic mass is 10.2. The van der Waals surface area contributed by atoms with Gasteiger partial charge in [-0.15, -0.1) is 0 Å². The molecule has 0 aliphatic carbocycles. The monoisotopic (exact) mass is 257 g/mol. The topological polar surface area (TPSA) is 61.5 Å². The molecule has 0 radical (unpaired) electrons. The third-order valence-electron chi connectivity index (χ3n) is 2.33. The highest BCUT2D eigenvalue weighted by Crippen LogP contribution is 2.21. The number of aryl methyl sites for hydroxylation is 1. The van der Waals surface area contributed by atoms with E-state index < -0.39 is 12.0 Å². The molecule has 1 atom stereocenters. The summed E-state index contributed by atoms with van der Waals surface area (Å²) in [5.41, 5.74) is 6.53. The Kier molecular flexibility index (Phi) is 5.25. The summed E-state index contributed by atoms with van der Waals surface area (Å²) < 4.78 is 10.0. The second-order valence-electron chi connectivity index (χ2n) is 3.68. The second-order valence-corrected chi connectivity index (χ2v) is 4.11. The maximum Gasteiger partial charge on any atom is 0.322 e. The van der Waals surface area contributed by atoms with Crippen molar-refractivity contribution < 1.29 is 14.3 Å². The number of carbonyl (C=O) groups is 1. The third kappa shape index (κ3) is 4.24. The highest BCUT2D eigenvalue weighted by Gasteiger charge is 2.13. The summed E-state index contributed by atoms with van der Waals surface area (Å²) in [5, 5.41) is 0.668. The smallest absolute Gasteiger partial charge is 0.322 e. The molecule has 1 aromatic rings. The number of benzene rings is 1. The van der Waals surface area contributed by atoms with E-state index in [1.165, 1.54) is 7.11 Å². The molecule has 0 saturated carbocycles. The first-order valence-electron chi connectivity index (χ1n) is 5.27. The van der Waals surface area contributed by atoms with Crippen LogP contribution in [0, 0.1) is 6.92 Å². The molecule has 17 heavy (non-hydrogen) atoms. The standard InChI is InChI=1S/C12H16ClNO3/c1-8-7-9(13)3-4-11(8)17-6-5-10(14)12(15)16-2/h3-4,7,10H,5-6,14H2,1-2H3. The van der Waals surface area contributed by atoms with Gasteiger partial charge in [0.2, 0.25) is 0 Å². The van der Waals surface area contributed by atoms with Gasteiger partial charge in [-0.05, 0) is 30.7 Å². The van der Waals surface area contributed by atoms with Gasteiger partial charge in [0.25, 0.3) is 0 Å². The lowest BCUT2D eigenvalue weighted by Crippen LogP contribution is -2.33. The minimum absolute atomic E-state index is 0.360. The van der Waals surface area contributed by atoms with Crippen LogP contribution < -0.4 is 10.5 Å². The molecule has 2 N–H and O–H groups in total. The van der Waals surface area contributed by atoms with E-state index in [4.69, 9.17) is 22.1 Å². The van der Waals surface area contributed by atoms with E-state index in [0.717, 1.165) is 11.3 Å². The molecule has 0 aliphatic rings. The number of hydrogen-bond donors (Lipinski definition) is 1. The van der Waals surface area contributed by atoms with Crippen LogP contribution in [0.4, 0.5) is 0 Å². The molecule has 5 heteroatoms. The third-order valence-corrected chi connectivity index (χ3v) is 2.56. The Hall–Kier alpha value is -1.26. The van der Waals surface area contributed by atoms with Crippen molar-refractivity contribution in [1.82, 2.24) is 0 Å². The summed E-state index contributed by atoms with van der Waals surface area (Å²) in [6.45, 7) is 2.26. The minimum atomic E-state index is -0.646. The van der Waals surface area contributed by atoms with Crippen LogP contribution in [0.1, 0.15) is 12.0 Å². The van der Waals surface area contributed by atoms with Gasteiger partial charge in [0.05, 0.1) is 13.7 Å². The van der Waals surface area contributed by atoms with Gasteiger partial charge in [-0.3, -0.25) is 4.79 Å². The minimum Gasteiger partial charge on any atom is -0.493 e. The van der Waals surface area contributed by atoms with E-state index in [1.54, 1.807) is 12.1 Å². The lowest BCUT2D eigenvalue weighted by molar-refractivity contribution is -0.142. The highest BCUT2D eigenvalue weighted by atomic mass is 35.5. The van der Waals surface area contributed by atoms with Gasteiger partial charge in [0, 0.05) is 11.4 Å². The first-order chi connectivity index (χ1) is 8.04. The number of carbonyl (C=O) groups excluding carboxylic acids is 1. The average Bonchev–Trinajstić information content (AvgIpc) is 2.30. The van der Waals surface area contributed by atoms with Gasteiger partial charge in [-0.25, -0.2) is 0 Å². The molecule has 1 rings (SSSR count). The van der Waals surface area contributed by atoms with Gasteiger partial charge in [-0.1, -0.05) is 11.6 Å². The molecule has 0 fully saturated rings. The van der Waals surface area contributed by atoms with Crippen LogP contribution in [-0.2, 0) is 9.53 Å². The van der Waals surface area contributed by atoms with Crippen molar-refractivity contribution >= 4 is 17.6 Å². The molecule has 0 spiro atoms. The molecule has 0 bridgehead atoms. The molecule has 0 aromatic heterocycles. The molecule has 4 nitrogen and oxygen atoms in total. The number of halogens is 1. The summed E-state index contributed by atoms with van der Waals surface area (Å²) >= 11 is 5.83. The van der Waals surface area contributed by atoms with Crippen LogP contribution in [0.15, 0.2) is 18.2 Å². The molecule has 94 valence electrons.